The smallest absolute Gasteiger partial charge is 0.328 e. The van der Waals surface area contributed by atoms with Crippen LogP contribution < -0.4 is 0 Å². The lowest BCUT2D eigenvalue weighted by Gasteiger charge is -2.16. The fourth-order valence-electron chi connectivity index (χ4n) is 2.58. The second-order valence-electron chi connectivity index (χ2n) is 6.32. The van der Waals surface area contributed by atoms with Gasteiger partial charge >= 0.3 is 5.97 Å². The number of benzene rings is 1. The van der Waals surface area contributed by atoms with E-state index in [4.69, 9.17) is 5.11 Å². The first-order chi connectivity index (χ1) is 12.8. The van der Waals surface area contributed by atoms with Gasteiger partial charge in [-0.3, -0.25) is 9.48 Å². The number of carboxylic acids is 1. The number of hydrogen-bond donors (Lipinski definition) is 1. The van der Waals surface area contributed by atoms with Crippen molar-refractivity contribution >= 4 is 11.9 Å². The first-order valence-electron chi connectivity index (χ1n) is 8.34. The Bertz CT molecular complexity index is 960. The summed E-state index contributed by atoms with van der Waals surface area (Å²) in [4.78, 5) is 25.2. The van der Waals surface area contributed by atoms with Crippen molar-refractivity contribution < 1.29 is 14.7 Å². The van der Waals surface area contributed by atoms with E-state index in [1.165, 1.54) is 11.6 Å². The lowest BCUT2D eigenvalue weighted by Crippen LogP contribution is -2.26. The van der Waals surface area contributed by atoms with Crippen LogP contribution in [0, 0.1) is 0 Å². The van der Waals surface area contributed by atoms with E-state index in [1.807, 2.05) is 19.3 Å². The molecule has 2 heterocycles. The van der Waals surface area contributed by atoms with Crippen LogP contribution in [-0.4, -0.2) is 53.7 Å². The summed E-state index contributed by atoms with van der Waals surface area (Å²) in [7, 11) is 3.56. The average molecular weight is 368 g/mol. The van der Waals surface area contributed by atoms with Crippen molar-refractivity contribution in [2.45, 2.75) is 19.5 Å². The predicted molar refractivity (Wildman–Crippen MR) is 96.8 cm³/mol. The van der Waals surface area contributed by atoms with Crippen molar-refractivity contribution in [1.82, 2.24) is 29.7 Å². The largest absolute Gasteiger partial charge is 0.480 e. The van der Waals surface area contributed by atoms with Gasteiger partial charge in [-0.2, -0.15) is 5.10 Å². The molecule has 9 nitrogen and oxygen atoms in total. The molecular formula is C18H20N6O3. The van der Waals surface area contributed by atoms with E-state index < -0.39 is 12.0 Å². The molecule has 0 aliphatic heterocycles. The highest BCUT2D eigenvalue weighted by molar-refractivity contribution is 5.94. The topological polar surface area (TPSA) is 106 Å². The molecule has 1 atom stereocenters. The third kappa shape index (κ3) is 4.02. The van der Waals surface area contributed by atoms with E-state index in [0.717, 1.165) is 11.3 Å². The Morgan fingerprint density at radius 2 is 1.93 bits per heavy atom. The summed E-state index contributed by atoms with van der Waals surface area (Å²) in [5.74, 6) is -1.10. The Morgan fingerprint density at radius 3 is 2.52 bits per heavy atom. The monoisotopic (exact) mass is 368 g/mol. The van der Waals surface area contributed by atoms with Gasteiger partial charge in [0.2, 0.25) is 0 Å². The number of carbonyl (C=O) groups is 2. The van der Waals surface area contributed by atoms with E-state index in [-0.39, 0.29) is 5.91 Å². The zero-order chi connectivity index (χ0) is 19.6. The summed E-state index contributed by atoms with van der Waals surface area (Å²) >= 11 is 0. The summed E-state index contributed by atoms with van der Waals surface area (Å²) in [5.41, 5.74) is 2.66. The van der Waals surface area contributed by atoms with Crippen LogP contribution in [0.5, 0.6) is 0 Å². The maximum Gasteiger partial charge on any atom is 0.328 e. The summed E-state index contributed by atoms with van der Waals surface area (Å²) in [6, 6.07) is 8.03. The molecule has 0 bridgehead atoms. The van der Waals surface area contributed by atoms with Crippen LogP contribution >= 0.6 is 0 Å². The van der Waals surface area contributed by atoms with Gasteiger partial charge < -0.3 is 10.0 Å². The summed E-state index contributed by atoms with van der Waals surface area (Å²) < 4.78 is 2.98. The minimum atomic E-state index is -0.983. The number of rotatable bonds is 6. The lowest BCUT2D eigenvalue weighted by atomic mass is 10.1. The van der Waals surface area contributed by atoms with Crippen LogP contribution in [0.15, 0.2) is 42.7 Å². The first kappa shape index (κ1) is 18.3. The third-order valence-electron chi connectivity index (χ3n) is 4.21. The Hall–Kier alpha value is -3.49. The van der Waals surface area contributed by atoms with E-state index >= 15 is 0 Å². The normalized spacial score (nSPS) is 12.0. The van der Waals surface area contributed by atoms with Crippen molar-refractivity contribution in [2.24, 2.45) is 7.05 Å². The van der Waals surface area contributed by atoms with Crippen molar-refractivity contribution in [3.05, 3.63) is 54.0 Å². The highest BCUT2D eigenvalue weighted by Gasteiger charge is 2.17. The molecule has 1 aromatic carbocycles. The van der Waals surface area contributed by atoms with Crippen LogP contribution in [0.25, 0.3) is 11.3 Å². The molecule has 1 N–H and O–H groups in total. The second-order valence-corrected chi connectivity index (χ2v) is 6.32. The van der Waals surface area contributed by atoms with E-state index in [9.17, 15) is 9.59 Å². The van der Waals surface area contributed by atoms with Crippen molar-refractivity contribution in [2.75, 3.05) is 7.05 Å². The number of aryl methyl sites for hydroxylation is 1. The number of carboxylic acid groups (broad SMARTS) is 1. The van der Waals surface area contributed by atoms with Gasteiger partial charge in [-0.15, -0.1) is 5.10 Å². The van der Waals surface area contributed by atoms with Gasteiger partial charge in [-0.05, 0) is 25.1 Å². The minimum absolute atomic E-state index is 0.115. The van der Waals surface area contributed by atoms with E-state index in [1.54, 1.807) is 47.1 Å². The van der Waals surface area contributed by atoms with Gasteiger partial charge in [0.05, 0.1) is 18.4 Å². The maximum absolute atomic E-state index is 12.6. The summed E-state index contributed by atoms with van der Waals surface area (Å²) in [5, 5.41) is 21.2. The predicted octanol–water partition coefficient (Wildman–Crippen LogP) is 1.60. The molecule has 140 valence electrons. The minimum Gasteiger partial charge on any atom is -0.480 e. The Morgan fingerprint density at radius 1 is 1.22 bits per heavy atom. The average Bonchev–Trinajstić information content (AvgIpc) is 3.29. The molecule has 0 saturated heterocycles. The summed E-state index contributed by atoms with van der Waals surface area (Å²) in [6.45, 7) is 1.95. The van der Waals surface area contributed by atoms with Crippen LogP contribution in [-0.2, 0) is 18.4 Å². The van der Waals surface area contributed by atoms with Crippen molar-refractivity contribution in [3.63, 3.8) is 0 Å². The van der Waals surface area contributed by atoms with Crippen molar-refractivity contribution in [3.8, 4) is 11.3 Å². The second kappa shape index (κ2) is 7.40. The van der Waals surface area contributed by atoms with Gasteiger partial charge in [0.25, 0.3) is 5.91 Å². The van der Waals surface area contributed by atoms with E-state index in [0.29, 0.717) is 17.8 Å². The van der Waals surface area contributed by atoms with Gasteiger partial charge in [0.1, 0.15) is 11.7 Å². The molecule has 0 saturated carbocycles. The van der Waals surface area contributed by atoms with E-state index in [2.05, 4.69) is 15.4 Å². The Labute approximate surface area is 155 Å². The molecule has 2 aromatic heterocycles. The Balaban J connectivity index is 1.71. The fraction of sp³-hybridized carbons (Fsp3) is 0.278. The molecule has 9 heteroatoms. The van der Waals surface area contributed by atoms with Crippen LogP contribution in [0.1, 0.15) is 29.0 Å². The van der Waals surface area contributed by atoms with Gasteiger partial charge in [0.15, 0.2) is 0 Å². The van der Waals surface area contributed by atoms with Crippen molar-refractivity contribution in [1.29, 1.82) is 0 Å². The number of aromatic nitrogens is 5. The van der Waals surface area contributed by atoms with Crippen LogP contribution in [0.3, 0.4) is 0 Å². The fourth-order valence-corrected chi connectivity index (χ4v) is 2.58. The molecular weight excluding hydrogens is 348 g/mol. The zero-order valence-corrected chi connectivity index (χ0v) is 15.3. The number of aliphatic carboxylic acids is 1. The quantitative estimate of drug-likeness (QED) is 0.708. The number of nitrogens with zero attached hydrogens (tertiary/aromatic N) is 6. The molecule has 1 unspecified atom stereocenters. The number of amides is 1. The van der Waals surface area contributed by atoms with Gasteiger partial charge in [-0.25, -0.2) is 9.48 Å². The zero-order valence-electron chi connectivity index (χ0n) is 15.3. The van der Waals surface area contributed by atoms with Gasteiger partial charge in [-0.1, -0.05) is 17.3 Å². The maximum atomic E-state index is 12.6. The highest BCUT2D eigenvalue weighted by Crippen LogP contribution is 2.19. The molecule has 0 aliphatic carbocycles. The van der Waals surface area contributed by atoms with Crippen LogP contribution in [0.4, 0.5) is 0 Å². The molecule has 3 rings (SSSR count). The van der Waals surface area contributed by atoms with Crippen LogP contribution in [0.2, 0.25) is 0 Å². The molecule has 0 spiro atoms. The standard InChI is InChI=1S/C18H20N6O3/c1-12(18(26)27)24-11-16(19-21-24)13-4-6-14(7-5-13)17(25)22(2)10-15-8-9-23(3)20-15/h4-9,11-12H,10H2,1-3H3,(H,26,27). The molecule has 3 aromatic rings. The highest BCUT2D eigenvalue weighted by atomic mass is 16.4. The molecule has 0 radical (unpaired) electrons. The Kier molecular flexibility index (Phi) is 5.02. The third-order valence-corrected chi connectivity index (χ3v) is 4.21. The SMILES string of the molecule is CC(C(=O)O)n1cc(-c2ccc(C(=O)N(C)Cc3ccn(C)n3)cc2)nn1. The summed E-state index contributed by atoms with van der Waals surface area (Å²) in [6.07, 6.45) is 3.41. The molecule has 1 amide bonds. The molecule has 0 fully saturated rings. The lowest BCUT2D eigenvalue weighted by molar-refractivity contribution is -0.140. The van der Waals surface area contributed by atoms with Gasteiger partial charge in [0, 0.05) is 31.4 Å². The molecule has 27 heavy (non-hydrogen) atoms. The molecule has 0 aliphatic rings. The first-order valence-corrected chi connectivity index (χ1v) is 8.34. The number of carbonyl (C=O) groups excluding carboxylic acids is 1. The number of hydrogen-bond acceptors (Lipinski definition) is 5.